The highest BCUT2D eigenvalue weighted by molar-refractivity contribution is 6.31. The van der Waals surface area contributed by atoms with Crippen molar-refractivity contribution in [2.75, 3.05) is 7.11 Å². The molecule has 0 fully saturated rings. The van der Waals surface area contributed by atoms with E-state index in [9.17, 15) is 4.79 Å². The van der Waals surface area contributed by atoms with Crippen molar-refractivity contribution in [3.05, 3.63) is 47.0 Å². The van der Waals surface area contributed by atoms with Crippen LogP contribution in [0.4, 0.5) is 0 Å². The Hall–Kier alpha value is -2.00. The minimum absolute atomic E-state index is 0.356. The molecule has 0 amide bonds. The van der Waals surface area contributed by atoms with Gasteiger partial charge in [0.2, 0.25) is 0 Å². The average molecular weight is 305 g/mol. The van der Waals surface area contributed by atoms with Crippen molar-refractivity contribution >= 4 is 28.3 Å². The predicted molar refractivity (Wildman–Crippen MR) is 85.3 cm³/mol. The SMILES string of the molecule is C=C(C)C(=O)Oc1c(CC)cc(OC)c2cc(Cl)ccc12. The fourth-order valence-corrected chi connectivity index (χ4v) is 2.30. The Morgan fingerprint density at radius 1 is 1.29 bits per heavy atom. The zero-order valence-electron chi connectivity index (χ0n) is 12.3. The molecule has 0 aliphatic heterocycles. The van der Waals surface area contributed by atoms with Crippen LogP contribution in [0.15, 0.2) is 36.4 Å². The Balaban J connectivity index is 2.72. The molecule has 2 rings (SSSR count). The molecule has 0 aliphatic rings. The molecule has 0 heterocycles. The van der Waals surface area contributed by atoms with Gasteiger partial charge in [0, 0.05) is 21.4 Å². The molecule has 0 bridgehead atoms. The van der Waals surface area contributed by atoms with Crippen molar-refractivity contribution < 1.29 is 14.3 Å². The molecular formula is C17H17ClO3. The van der Waals surface area contributed by atoms with Gasteiger partial charge in [0.25, 0.3) is 0 Å². The number of rotatable bonds is 4. The van der Waals surface area contributed by atoms with E-state index in [0.717, 1.165) is 16.3 Å². The fourth-order valence-electron chi connectivity index (χ4n) is 2.12. The van der Waals surface area contributed by atoms with Gasteiger partial charge < -0.3 is 9.47 Å². The van der Waals surface area contributed by atoms with Crippen molar-refractivity contribution in [2.24, 2.45) is 0 Å². The average Bonchev–Trinajstić information content (AvgIpc) is 2.46. The highest BCUT2D eigenvalue weighted by Crippen LogP contribution is 2.38. The quantitative estimate of drug-likeness (QED) is 0.472. The lowest BCUT2D eigenvalue weighted by Crippen LogP contribution is -2.10. The summed E-state index contributed by atoms with van der Waals surface area (Å²) in [4.78, 5) is 11.9. The molecule has 0 atom stereocenters. The number of ether oxygens (including phenoxy) is 2. The van der Waals surface area contributed by atoms with Gasteiger partial charge in [0.15, 0.2) is 0 Å². The van der Waals surface area contributed by atoms with E-state index in [1.807, 2.05) is 19.1 Å². The molecule has 0 saturated heterocycles. The summed E-state index contributed by atoms with van der Waals surface area (Å²) in [5.74, 6) is 0.809. The van der Waals surface area contributed by atoms with Crippen molar-refractivity contribution in [1.29, 1.82) is 0 Å². The molecule has 0 aliphatic carbocycles. The minimum atomic E-state index is -0.439. The van der Waals surface area contributed by atoms with Crippen molar-refractivity contribution in [3.63, 3.8) is 0 Å². The number of hydrogen-bond donors (Lipinski definition) is 0. The van der Waals surface area contributed by atoms with Gasteiger partial charge in [-0.3, -0.25) is 0 Å². The molecule has 0 aromatic heterocycles. The summed E-state index contributed by atoms with van der Waals surface area (Å²) >= 11 is 6.05. The van der Waals surface area contributed by atoms with E-state index in [1.165, 1.54) is 0 Å². The molecule has 0 unspecified atom stereocenters. The second kappa shape index (κ2) is 6.19. The maximum atomic E-state index is 11.9. The lowest BCUT2D eigenvalue weighted by Gasteiger charge is -2.15. The number of methoxy groups -OCH3 is 1. The standard InChI is InChI=1S/C17H17ClO3/c1-5-11-8-15(20-4)14-9-12(18)6-7-13(14)16(11)21-17(19)10(2)3/h6-9H,2,5H2,1,3-4H3. The first kappa shape index (κ1) is 15.4. The van der Waals surface area contributed by atoms with Crippen molar-refractivity contribution in [3.8, 4) is 11.5 Å². The Labute approximate surface area is 129 Å². The van der Waals surface area contributed by atoms with Crippen LogP contribution in [0.3, 0.4) is 0 Å². The van der Waals surface area contributed by atoms with Gasteiger partial charge in [0.05, 0.1) is 7.11 Å². The molecule has 0 saturated carbocycles. The van der Waals surface area contributed by atoms with Crippen LogP contribution in [0.25, 0.3) is 10.8 Å². The summed E-state index contributed by atoms with van der Waals surface area (Å²) in [6.07, 6.45) is 0.716. The van der Waals surface area contributed by atoms with Gasteiger partial charge in [-0.25, -0.2) is 4.79 Å². The normalized spacial score (nSPS) is 10.5. The van der Waals surface area contributed by atoms with E-state index < -0.39 is 5.97 Å². The first-order valence-electron chi connectivity index (χ1n) is 6.64. The summed E-state index contributed by atoms with van der Waals surface area (Å²) in [7, 11) is 1.61. The van der Waals surface area contributed by atoms with Gasteiger partial charge in [-0.2, -0.15) is 0 Å². The topological polar surface area (TPSA) is 35.5 Å². The molecule has 0 N–H and O–H groups in total. The molecule has 2 aromatic rings. The van der Waals surface area contributed by atoms with E-state index in [2.05, 4.69) is 6.58 Å². The van der Waals surface area contributed by atoms with E-state index in [0.29, 0.717) is 28.5 Å². The number of benzene rings is 2. The highest BCUT2D eigenvalue weighted by atomic mass is 35.5. The van der Waals surface area contributed by atoms with Gasteiger partial charge >= 0.3 is 5.97 Å². The van der Waals surface area contributed by atoms with E-state index in [4.69, 9.17) is 21.1 Å². The number of halogens is 1. The number of esters is 1. The predicted octanol–water partition coefficient (Wildman–Crippen LogP) is 4.55. The number of carbonyl (C=O) groups is 1. The number of carbonyl (C=O) groups excluding carboxylic acids is 1. The molecule has 110 valence electrons. The molecule has 2 aromatic carbocycles. The summed E-state index contributed by atoms with van der Waals surface area (Å²) in [5, 5.41) is 2.21. The lowest BCUT2D eigenvalue weighted by atomic mass is 10.0. The van der Waals surface area contributed by atoms with Crippen LogP contribution in [-0.2, 0) is 11.2 Å². The van der Waals surface area contributed by atoms with Crippen LogP contribution in [0, 0.1) is 0 Å². The Bertz CT molecular complexity index is 720. The monoisotopic (exact) mass is 304 g/mol. The Morgan fingerprint density at radius 2 is 2.00 bits per heavy atom. The highest BCUT2D eigenvalue weighted by Gasteiger charge is 2.16. The van der Waals surface area contributed by atoms with Crippen LogP contribution in [0.1, 0.15) is 19.4 Å². The smallest absolute Gasteiger partial charge is 0.338 e. The summed E-state index contributed by atoms with van der Waals surface area (Å²) in [5.41, 5.74) is 1.26. The molecule has 21 heavy (non-hydrogen) atoms. The molecule has 0 spiro atoms. The van der Waals surface area contributed by atoms with Crippen LogP contribution in [-0.4, -0.2) is 13.1 Å². The van der Waals surface area contributed by atoms with Gasteiger partial charge in [-0.15, -0.1) is 0 Å². The third kappa shape index (κ3) is 3.03. The van der Waals surface area contributed by atoms with Gasteiger partial charge in [0.1, 0.15) is 11.5 Å². The van der Waals surface area contributed by atoms with E-state index in [-0.39, 0.29) is 0 Å². The largest absolute Gasteiger partial charge is 0.496 e. The first-order chi connectivity index (χ1) is 9.97. The second-order valence-electron chi connectivity index (χ2n) is 4.78. The third-order valence-corrected chi connectivity index (χ3v) is 3.47. The Morgan fingerprint density at radius 3 is 2.57 bits per heavy atom. The minimum Gasteiger partial charge on any atom is -0.496 e. The number of fused-ring (bicyclic) bond motifs is 1. The maximum absolute atomic E-state index is 11.9. The zero-order valence-corrected chi connectivity index (χ0v) is 13.1. The van der Waals surface area contributed by atoms with Crippen LogP contribution in [0.2, 0.25) is 5.02 Å². The summed E-state index contributed by atoms with van der Waals surface area (Å²) in [6.45, 7) is 7.23. The van der Waals surface area contributed by atoms with Crippen molar-refractivity contribution in [2.45, 2.75) is 20.3 Å². The van der Waals surface area contributed by atoms with Crippen LogP contribution >= 0.6 is 11.6 Å². The molecule has 4 heteroatoms. The molecule has 3 nitrogen and oxygen atoms in total. The third-order valence-electron chi connectivity index (χ3n) is 3.23. The zero-order chi connectivity index (χ0) is 15.6. The van der Waals surface area contributed by atoms with Gasteiger partial charge in [-0.1, -0.05) is 25.1 Å². The van der Waals surface area contributed by atoms with E-state index >= 15 is 0 Å². The first-order valence-corrected chi connectivity index (χ1v) is 7.02. The number of aryl methyl sites for hydroxylation is 1. The number of hydrogen-bond acceptors (Lipinski definition) is 3. The summed E-state index contributed by atoms with van der Waals surface area (Å²) in [6, 6.07) is 7.27. The lowest BCUT2D eigenvalue weighted by molar-refractivity contribution is -0.130. The second-order valence-corrected chi connectivity index (χ2v) is 5.22. The fraction of sp³-hybridized carbons (Fsp3) is 0.235. The molecular weight excluding hydrogens is 288 g/mol. The maximum Gasteiger partial charge on any atom is 0.338 e. The van der Waals surface area contributed by atoms with Crippen LogP contribution < -0.4 is 9.47 Å². The van der Waals surface area contributed by atoms with E-state index in [1.54, 1.807) is 26.2 Å². The summed E-state index contributed by atoms with van der Waals surface area (Å²) < 4.78 is 10.9. The Kier molecular flexibility index (Phi) is 4.53. The molecule has 0 radical (unpaired) electrons. The van der Waals surface area contributed by atoms with Crippen molar-refractivity contribution in [1.82, 2.24) is 0 Å². The van der Waals surface area contributed by atoms with Crippen LogP contribution in [0.5, 0.6) is 11.5 Å². The van der Waals surface area contributed by atoms with Gasteiger partial charge in [-0.05, 0) is 43.2 Å².